The fraction of sp³-hybridized carbons (Fsp3) is 0.429. The zero-order chi connectivity index (χ0) is 25.0. The highest BCUT2D eigenvalue weighted by molar-refractivity contribution is 8.18. The van der Waals surface area contributed by atoms with Crippen molar-refractivity contribution in [2.75, 3.05) is 43.6 Å². The lowest BCUT2D eigenvalue weighted by Gasteiger charge is -2.18. The Morgan fingerprint density at radius 2 is 1.70 bits per heavy atom. The molecule has 180 valence electrons. The van der Waals surface area contributed by atoms with E-state index in [9.17, 15) is 22.1 Å². The van der Waals surface area contributed by atoms with Crippen LogP contribution in [0.25, 0.3) is 6.08 Å². The summed E-state index contributed by atoms with van der Waals surface area (Å²) in [5.74, 6) is -0.749. The third-order valence-corrected chi connectivity index (χ3v) is 7.66. The standard InChI is InChI=1S/C21H27N3O6S3/c1-15(2)20-18(14-22)21(24(4)10-12-33(28,29)30)31-19(20)13-16-5-7-17(8-6-16)23(3)9-11-32(25,26)27/h5-8,13,15H,9-12H2,1-4H3,(H-,25,26,27,28,29,30)/p+1. The number of nitrogens with zero attached hydrogens (tertiary/aromatic N) is 3. The number of anilines is 1. The summed E-state index contributed by atoms with van der Waals surface area (Å²) in [5, 5.41) is 10.4. The lowest BCUT2D eigenvalue weighted by Crippen LogP contribution is -2.24. The molecule has 0 atom stereocenters. The lowest BCUT2D eigenvalue weighted by atomic mass is 9.96. The minimum absolute atomic E-state index is 0.0512. The Labute approximate surface area is 199 Å². The van der Waals surface area contributed by atoms with E-state index in [1.807, 2.05) is 44.2 Å². The molecule has 1 heterocycles. The zero-order valence-corrected chi connectivity index (χ0v) is 21.3. The van der Waals surface area contributed by atoms with Crippen LogP contribution in [0.3, 0.4) is 0 Å². The van der Waals surface area contributed by atoms with Crippen molar-refractivity contribution in [1.82, 2.24) is 0 Å². The number of benzene rings is 1. The predicted molar refractivity (Wildman–Crippen MR) is 132 cm³/mol. The molecule has 1 aliphatic rings. The molecule has 0 spiro atoms. The topological polar surface area (TPSA) is 139 Å². The molecular weight excluding hydrogens is 486 g/mol. The van der Waals surface area contributed by atoms with E-state index >= 15 is 0 Å². The average molecular weight is 515 g/mol. The summed E-state index contributed by atoms with van der Waals surface area (Å²) in [5.41, 5.74) is 3.02. The van der Waals surface area contributed by atoms with Crippen LogP contribution in [0.2, 0.25) is 0 Å². The fourth-order valence-electron chi connectivity index (χ4n) is 3.22. The lowest BCUT2D eigenvalue weighted by molar-refractivity contribution is -0.488. The highest BCUT2D eigenvalue weighted by Crippen LogP contribution is 2.43. The quantitative estimate of drug-likeness (QED) is 0.376. The van der Waals surface area contributed by atoms with Crippen molar-refractivity contribution in [3.63, 3.8) is 0 Å². The number of hydrogen-bond acceptors (Lipinski definition) is 7. The molecule has 1 aromatic rings. The maximum Gasteiger partial charge on any atom is 0.271 e. The first-order valence-electron chi connectivity index (χ1n) is 10.1. The summed E-state index contributed by atoms with van der Waals surface area (Å²) in [6, 6.07) is 9.66. The summed E-state index contributed by atoms with van der Waals surface area (Å²) in [7, 11) is -4.74. The van der Waals surface area contributed by atoms with Crippen LogP contribution >= 0.6 is 11.8 Å². The second kappa shape index (κ2) is 10.8. The van der Waals surface area contributed by atoms with Gasteiger partial charge in [0.2, 0.25) is 0 Å². The molecule has 12 heteroatoms. The molecule has 0 fully saturated rings. The van der Waals surface area contributed by atoms with Crippen LogP contribution in [0.5, 0.6) is 0 Å². The van der Waals surface area contributed by atoms with Gasteiger partial charge in [-0.1, -0.05) is 26.0 Å². The van der Waals surface area contributed by atoms with Crippen LogP contribution in [0.1, 0.15) is 19.4 Å². The monoisotopic (exact) mass is 514 g/mol. The molecule has 0 saturated carbocycles. The molecule has 2 N–H and O–H groups in total. The molecular formula is C21H28N3O6S3+. The predicted octanol–water partition coefficient (Wildman–Crippen LogP) is 2.50. The second-order valence-corrected chi connectivity index (χ2v) is 12.2. The highest BCUT2D eigenvalue weighted by Gasteiger charge is 2.34. The minimum Gasteiger partial charge on any atom is -0.373 e. The van der Waals surface area contributed by atoms with Crippen molar-refractivity contribution in [1.29, 1.82) is 5.26 Å². The van der Waals surface area contributed by atoms with Crippen LogP contribution in [0, 0.1) is 17.2 Å². The summed E-state index contributed by atoms with van der Waals surface area (Å²) in [6.07, 6.45) is 1.95. The van der Waals surface area contributed by atoms with Gasteiger partial charge in [-0.15, -0.1) is 0 Å². The Kier molecular flexibility index (Phi) is 8.89. The van der Waals surface area contributed by atoms with E-state index in [1.54, 1.807) is 23.6 Å². The highest BCUT2D eigenvalue weighted by atomic mass is 32.2. The van der Waals surface area contributed by atoms with Gasteiger partial charge in [0, 0.05) is 24.2 Å². The number of rotatable bonds is 9. The van der Waals surface area contributed by atoms with Crippen LogP contribution in [0.4, 0.5) is 5.69 Å². The SMILES string of the molecule is CC(C)C1=C(C#N)C(=[N+](C)CCS(=O)(=O)O)S/C1=C\c1ccc(N(C)CCS(=O)(=O)O)cc1. The molecule has 0 aliphatic carbocycles. The molecule has 0 radical (unpaired) electrons. The molecule has 0 bridgehead atoms. The van der Waals surface area contributed by atoms with Gasteiger partial charge in [-0.05, 0) is 47.0 Å². The average Bonchev–Trinajstić information content (AvgIpc) is 3.08. The van der Waals surface area contributed by atoms with E-state index in [4.69, 9.17) is 9.11 Å². The van der Waals surface area contributed by atoms with E-state index in [1.165, 1.54) is 11.8 Å². The smallest absolute Gasteiger partial charge is 0.271 e. The molecule has 0 saturated heterocycles. The van der Waals surface area contributed by atoms with Gasteiger partial charge in [0.05, 0.1) is 5.75 Å². The van der Waals surface area contributed by atoms with Crippen LogP contribution in [-0.4, -0.2) is 74.3 Å². The Morgan fingerprint density at radius 3 is 2.18 bits per heavy atom. The normalized spacial score (nSPS) is 17.6. The van der Waals surface area contributed by atoms with Gasteiger partial charge >= 0.3 is 0 Å². The first kappa shape index (κ1) is 27.1. The molecule has 9 nitrogen and oxygen atoms in total. The molecule has 0 unspecified atom stereocenters. The molecule has 33 heavy (non-hydrogen) atoms. The first-order chi connectivity index (χ1) is 15.2. The molecule has 1 aliphatic heterocycles. The second-order valence-electron chi connectivity index (χ2n) is 7.98. The summed E-state index contributed by atoms with van der Waals surface area (Å²) < 4.78 is 63.8. The van der Waals surface area contributed by atoms with Crippen LogP contribution < -0.4 is 4.90 Å². The van der Waals surface area contributed by atoms with Crippen LogP contribution in [-0.2, 0) is 20.2 Å². The van der Waals surface area contributed by atoms with Gasteiger partial charge in [-0.3, -0.25) is 9.11 Å². The Hall–Kier alpha value is -2.17. The number of nitriles is 1. The Morgan fingerprint density at radius 1 is 1.12 bits per heavy atom. The zero-order valence-electron chi connectivity index (χ0n) is 18.9. The van der Waals surface area contributed by atoms with Crippen molar-refractivity contribution in [2.45, 2.75) is 13.8 Å². The summed E-state index contributed by atoms with van der Waals surface area (Å²) in [4.78, 5) is 2.60. The maximum absolute atomic E-state index is 11.1. The van der Waals surface area contributed by atoms with Gasteiger partial charge in [-0.25, -0.2) is 4.58 Å². The van der Waals surface area contributed by atoms with Crippen molar-refractivity contribution < 1.29 is 30.5 Å². The van der Waals surface area contributed by atoms with Crippen molar-refractivity contribution in [2.24, 2.45) is 5.92 Å². The van der Waals surface area contributed by atoms with Gasteiger partial charge in [0.15, 0.2) is 6.54 Å². The van der Waals surface area contributed by atoms with Crippen molar-refractivity contribution >= 4 is 48.8 Å². The van der Waals surface area contributed by atoms with Gasteiger partial charge in [-0.2, -0.15) is 22.1 Å². The number of thioether (sulfide) groups is 1. The Balaban J connectivity index is 2.34. The van der Waals surface area contributed by atoms with Gasteiger partial charge in [0.1, 0.15) is 24.4 Å². The molecule has 1 aromatic carbocycles. The minimum atomic E-state index is -4.12. The third-order valence-electron chi connectivity index (χ3n) is 4.99. The van der Waals surface area contributed by atoms with E-state index in [0.717, 1.165) is 21.7 Å². The number of hydrogen-bond donors (Lipinski definition) is 2. The van der Waals surface area contributed by atoms with Gasteiger partial charge in [0.25, 0.3) is 25.3 Å². The number of allylic oxidation sites excluding steroid dienone is 1. The Bertz CT molecular complexity index is 1240. The molecule has 2 rings (SSSR count). The molecule has 0 amide bonds. The van der Waals surface area contributed by atoms with E-state index in [2.05, 4.69) is 6.07 Å². The van der Waals surface area contributed by atoms with E-state index in [0.29, 0.717) is 10.6 Å². The third kappa shape index (κ3) is 7.97. The van der Waals surface area contributed by atoms with E-state index < -0.39 is 26.0 Å². The maximum atomic E-state index is 11.1. The molecule has 0 aromatic heterocycles. The first-order valence-corrected chi connectivity index (χ1v) is 14.1. The van der Waals surface area contributed by atoms with E-state index in [-0.39, 0.29) is 24.8 Å². The van der Waals surface area contributed by atoms with Crippen molar-refractivity contribution in [3.8, 4) is 6.07 Å². The van der Waals surface area contributed by atoms with Crippen LogP contribution in [0.15, 0.2) is 40.3 Å². The summed E-state index contributed by atoms with van der Waals surface area (Å²) in [6.45, 7) is 4.16. The fourth-order valence-corrected chi connectivity index (χ4v) is 5.58. The van der Waals surface area contributed by atoms with Gasteiger partial charge < -0.3 is 4.90 Å². The largest absolute Gasteiger partial charge is 0.373 e. The summed E-state index contributed by atoms with van der Waals surface area (Å²) >= 11 is 1.38. The van der Waals surface area contributed by atoms with Crippen molar-refractivity contribution in [3.05, 3.63) is 45.9 Å².